The van der Waals surface area contributed by atoms with Crippen LogP contribution in [0.3, 0.4) is 0 Å². The molecule has 0 unspecified atom stereocenters. The summed E-state index contributed by atoms with van der Waals surface area (Å²) < 4.78 is 0. The Balaban J connectivity index is 1.97. The Kier molecular flexibility index (Phi) is 5.71. The van der Waals surface area contributed by atoms with Crippen LogP contribution in [0.25, 0.3) is 0 Å². The largest absolute Gasteiger partial charge is 0.481 e. The number of aromatic nitrogens is 4. The van der Waals surface area contributed by atoms with Crippen LogP contribution in [-0.2, 0) is 17.9 Å². The molecular formula is C14H17N5O2. The zero-order valence-corrected chi connectivity index (χ0v) is 11.6. The van der Waals surface area contributed by atoms with Crippen LogP contribution in [0.1, 0.15) is 24.5 Å². The minimum Gasteiger partial charge on any atom is -0.481 e. The minimum atomic E-state index is -0.790. The predicted octanol–water partition coefficient (Wildman–Crippen LogP) is 1.13. The first kappa shape index (κ1) is 15.0. The van der Waals surface area contributed by atoms with Crippen LogP contribution >= 0.6 is 0 Å². The number of nitrogens with zero attached hydrogens (tertiary/aromatic N) is 5. The lowest BCUT2D eigenvalue weighted by atomic mass is 10.3. The Labute approximate surface area is 122 Å². The maximum atomic E-state index is 10.6. The van der Waals surface area contributed by atoms with Gasteiger partial charge in [0.25, 0.3) is 0 Å². The molecule has 0 fully saturated rings. The van der Waals surface area contributed by atoms with Gasteiger partial charge in [-0.05, 0) is 25.1 Å². The fraction of sp³-hybridized carbons (Fsp3) is 0.357. The van der Waals surface area contributed by atoms with Crippen molar-refractivity contribution in [1.82, 2.24) is 24.8 Å². The van der Waals surface area contributed by atoms with Crippen molar-refractivity contribution in [2.75, 3.05) is 6.54 Å². The van der Waals surface area contributed by atoms with Crippen molar-refractivity contribution in [1.29, 1.82) is 0 Å². The van der Waals surface area contributed by atoms with Gasteiger partial charge < -0.3 is 5.11 Å². The third-order valence-corrected chi connectivity index (χ3v) is 2.83. The second kappa shape index (κ2) is 8.01. The van der Waals surface area contributed by atoms with Crippen LogP contribution in [0.2, 0.25) is 0 Å². The molecule has 21 heavy (non-hydrogen) atoms. The maximum Gasteiger partial charge on any atom is 0.303 e. The molecule has 7 nitrogen and oxygen atoms in total. The Bertz CT molecular complexity index is 508. The summed E-state index contributed by atoms with van der Waals surface area (Å²) in [6, 6.07) is 3.52. The molecule has 0 bridgehead atoms. The number of carboxylic acids is 1. The van der Waals surface area contributed by atoms with Gasteiger partial charge in [-0.2, -0.15) is 0 Å². The molecule has 2 heterocycles. The fourth-order valence-electron chi connectivity index (χ4n) is 1.89. The number of hydrogen-bond acceptors (Lipinski definition) is 6. The Morgan fingerprint density at radius 1 is 0.952 bits per heavy atom. The molecule has 0 saturated carbocycles. The summed E-state index contributed by atoms with van der Waals surface area (Å²) in [7, 11) is 0. The van der Waals surface area contributed by atoms with E-state index in [1.165, 1.54) is 0 Å². The van der Waals surface area contributed by atoms with Crippen LogP contribution in [0.5, 0.6) is 0 Å². The van der Waals surface area contributed by atoms with Crippen molar-refractivity contribution in [2.24, 2.45) is 0 Å². The molecule has 2 aromatic rings. The van der Waals surface area contributed by atoms with Gasteiger partial charge in [0, 0.05) is 31.2 Å². The number of carbonyl (C=O) groups is 1. The molecule has 7 heteroatoms. The van der Waals surface area contributed by atoms with Gasteiger partial charge in [0.2, 0.25) is 0 Å². The zero-order chi connectivity index (χ0) is 14.9. The van der Waals surface area contributed by atoms with Gasteiger partial charge >= 0.3 is 5.97 Å². The number of hydrogen-bond donors (Lipinski definition) is 1. The van der Waals surface area contributed by atoms with E-state index < -0.39 is 5.97 Å². The van der Waals surface area contributed by atoms with Crippen molar-refractivity contribution < 1.29 is 9.90 Å². The monoisotopic (exact) mass is 287 g/mol. The summed E-state index contributed by atoms with van der Waals surface area (Å²) in [4.78, 5) is 29.5. The maximum absolute atomic E-state index is 10.6. The highest BCUT2D eigenvalue weighted by atomic mass is 16.4. The highest BCUT2D eigenvalue weighted by Crippen LogP contribution is 2.05. The van der Waals surface area contributed by atoms with E-state index in [2.05, 4.69) is 19.9 Å². The van der Waals surface area contributed by atoms with Crippen LogP contribution in [0, 0.1) is 0 Å². The standard InChI is InChI=1S/C14H17N5O2/c20-14(21)4-1-9-19(10-12-15-5-2-6-16-12)11-13-17-7-3-8-18-13/h2-3,5-8H,1,4,9-11H2,(H,20,21). The molecule has 0 amide bonds. The molecule has 0 saturated heterocycles. The van der Waals surface area contributed by atoms with Crippen LogP contribution in [0.15, 0.2) is 36.9 Å². The van der Waals surface area contributed by atoms with Gasteiger partial charge in [-0.3, -0.25) is 9.69 Å². The van der Waals surface area contributed by atoms with E-state index in [4.69, 9.17) is 5.11 Å². The molecular weight excluding hydrogens is 270 g/mol. The van der Waals surface area contributed by atoms with Crippen LogP contribution < -0.4 is 0 Å². The highest BCUT2D eigenvalue weighted by Gasteiger charge is 2.11. The summed E-state index contributed by atoms with van der Waals surface area (Å²) in [5.41, 5.74) is 0. The lowest BCUT2D eigenvalue weighted by molar-refractivity contribution is -0.137. The lowest BCUT2D eigenvalue weighted by Crippen LogP contribution is -2.26. The minimum absolute atomic E-state index is 0.141. The Hall–Kier alpha value is -2.41. The summed E-state index contributed by atoms with van der Waals surface area (Å²) in [6.45, 7) is 1.71. The molecule has 0 aromatic carbocycles. The summed E-state index contributed by atoms with van der Waals surface area (Å²) in [5, 5.41) is 8.74. The van der Waals surface area contributed by atoms with E-state index in [1.807, 2.05) is 4.90 Å². The Morgan fingerprint density at radius 3 is 1.86 bits per heavy atom. The Morgan fingerprint density at radius 2 is 1.43 bits per heavy atom. The van der Waals surface area contributed by atoms with Gasteiger partial charge in [0.05, 0.1) is 13.1 Å². The van der Waals surface area contributed by atoms with Crippen molar-refractivity contribution in [2.45, 2.75) is 25.9 Å². The average molecular weight is 287 g/mol. The zero-order valence-electron chi connectivity index (χ0n) is 11.6. The molecule has 0 aliphatic rings. The molecule has 0 radical (unpaired) electrons. The lowest BCUT2D eigenvalue weighted by Gasteiger charge is -2.20. The predicted molar refractivity (Wildman–Crippen MR) is 75.0 cm³/mol. The third-order valence-electron chi connectivity index (χ3n) is 2.83. The molecule has 0 aliphatic carbocycles. The molecule has 2 rings (SSSR count). The van der Waals surface area contributed by atoms with Crippen LogP contribution in [-0.4, -0.2) is 42.5 Å². The highest BCUT2D eigenvalue weighted by molar-refractivity contribution is 5.66. The van der Waals surface area contributed by atoms with Crippen molar-refractivity contribution >= 4 is 5.97 Å². The van der Waals surface area contributed by atoms with Gasteiger partial charge in [0.1, 0.15) is 11.6 Å². The van der Waals surface area contributed by atoms with Crippen molar-refractivity contribution in [3.8, 4) is 0 Å². The van der Waals surface area contributed by atoms with Crippen molar-refractivity contribution in [3.05, 3.63) is 48.6 Å². The van der Waals surface area contributed by atoms with E-state index in [0.29, 0.717) is 37.7 Å². The van der Waals surface area contributed by atoms with Gasteiger partial charge in [-0.1, -0.05) is 0 Å². The summed E-state index contributed by atoms with van der Waals surface area (Å²) >= 11 is 0. The van der Waals surface area contributed by atoms with E-state index in [1.54, 1.807) is 36.9 Å². The van der Waals surface area contributed by atoms with E-state index in [9.17, 15) is 4.79 Å². The number of rotatable bonds is 8. The fourth-order valence-corrected chi connectivity index (χ4v) is 1.89. The molecule has 2 aromatic heterocycles. The average Bonchev–Trinajstić information content (AvgIpc) is 2.49. The first-order valence-corrected chi connectivity index (χ1v) is 6.70. The second-order valence-corrected chi connectivity index (χ2v) is 4.54. The number of carboxylic acid groups (broad SMARTS) is 1. The molecule has 0 atom stereocenters. The van der Waals surface area contributed by atoms with E-state index >= 15 is 0 Å². The molecule has 1 N–H and O–H groups in total. The summed E-state index contributed by atoms with van der Waals surface area (Å²) in [6.07, 6.45) is 7.47. The third kappa shape index (κ3) is 5.62. The van der Waals surface area contributed by atoms with Gasteiger partial charge in [-0.15, -0.1) is 0 Å². The van der Waals surface area contributed by atoms with Gasteiger partial charge in [0.15, 0.2) is 0 Å². The van der Waals surface area contributed by atoms with Gasteiger partial charge in [-0.25, -0.2) is 19.9 Å². The van der Waals surface area contributed by atoms with Crippen LogP contribution in [0.4, 0.5) is 0 Å². The topological polar surface area (TPSA) is 92.1 Å². The van der Waals surface area contributed by atoms with E-state index in [0.717, 1.165) is 0 Å². The summed E-state index contributed by atoms with van der Waals surface area (Å²) in [5.74, 6) is 0.606. The SMILES string of the molecule is O=C(O)CCCN(Cc1ncccn1)Cc1ncccn1. The second-order valence-electron chi connectivity index (χ2n) is 4.54. The molecule has 0 aliphatic heterocycles. The number of aliphatic carboxylic acids is 1. The van der Waals surface area contributed by atoms with Crippen molar-refractivity contribution in [3.63, 3.8) is 0 Å². The van der Waals surface area contributed by atoms with E-state index in [-0.39, 0.29) is 6.42 Å². The quantitative estimate of drug-likeness (QED) is 0.778. The molecule has 110 valence electrons. The first-order chi connectivity index (χ1) is 10.2. The smallest absolute Gasteiger partial charge is 0.303 e. The molecule has 0 spiro atoms. The normalized spacial score (nSPS) is 10.7. The first-order valence-electron chi connectivity index (χ1n) is 6.70.